The number of carbonyl (C=O) groups excluding carboxylic acids is 1. The molecule has 0 radical (unpaired) electrons. The number of methoxy groups -OCH3 is 1. The number of amides is 1. The summed E-state index contributed by atoms with van der Waals surface area (Å²) in [6.07, 6.45) is 0. The highest BCUT2D eigenvalue weighted by atomic mass is 79.9. The van der Waals surface area contributed by atoms with Crippen molar-refractivity contribution in [3.05, 3.63) is 70.7 Å². The highest BCUT2D eigenvalue weighted by Crippen LogP contribution is 2.22. The summed E-state index contributed by atoms with van der Waals surface area (Å²) in [4.78, 5) is 12.1. The molecule has 0 atom stereocenters. The van der Waals surface area contributed by atoms with Gasteiger partial charge >= 0.3 is 0 Å². The lowest BCUT2D eigenvalue weighted by atomic mass is 10.1. The molecular weight excluding hydrogens is 426 g/mol. The molecule has 2 aromatic carbocycles. The van der Waals surface area contributed by atoms with Crippen LogP contribution in [0.15, 0.2) is 70.2 Å². The van der Waals surface area contributed by atoms with Gasteiger partial charge in [-0.3, -0.25) is 4.79 Å². The van der Waals surface area contributed by atoms with Crippen LogP contribution in [0.1, 0.15) is 5.56 Å². The third-order valence-electron chi connectivity index (χ3n) is 3.80. The molecule has 0 aliphatic heterocycles. The van der Waals surface area contributed by atoms with E-state index in [2.05, 4.69) is 31.4 Å². The fraction of sp³-hybridized carbons (Fsp3) is 0.150. The van der Waals surface area contributed by atoms with E-state index in [9.17, 15) is 4.79 Å². The van der Waals surface area contributed by atoms with Crippen molar-refractivity contribution in [2.45, 2.75) is 11.6 Å². The highest BCUT2D eigenvalue weighted by Gasteiger charge is 2.07. The number of para-hydroxylation sites is 1. The lowest BCUT2D eigenvalue weighted by Crippen LogP contribution is -2.24. The maximum atomic E-state index is 12.1. The van der Waals surface area contributed by atoms with Gasteiger partial charge < -0.3 is 10.1 Å². The molecule has 1 heterocycles. The third-order valence-corrected chi connectivity index (χ3v) is 5.25. The van der Waals surface area contributed by atoms with E-state index >= 15 is 0 Å². The maximum Gasteiger partial charge on any atom is 0.230 e. The van der Waals surface area contributed by atoms with Crippen molar-refractivity contribution in [3.63, 3.8) is 0 Å². The Labute approximate surface area is 170 Å². The Balaban J connectivity index is 1.51. The van der Waals surface area contributed by atoms with E-state index in [0.717, 1.165) is 27.0 Å². The molecule has 3 rings (SSSR count). The molecule has 0 spiro atoms. The Morgan fingerprint density at radius 3 is 2.56 bits per heavy atom. The summed E-state index contributed by atoms with van der Waals surface area (Å²) >= 11 is 4.77. The number of nitrogens with zero attached hydrogens (tertiary/aromatic N) is 2. The number of hydrogen-bond acceptors (Lipinski definition) is 5. The molecule has 5 nitrogen and oxygen atoms in total. The Morgan fingerprint density at radius 2 is 1.85 bits per heavy atom. The molecule has 0 aliphatic rings. The van der Waals surface area contributed by atoms with Gasteiger partial charge in [0.15, 0.2) is 0 Å². The number of nitrogens with one attached hydrogen (secondary N) is 1. The van der Waals surface area contributed by atoms with Crippen molar-refractivity contribution >= 4 is 33.6 Å². The monoisotopic (exact) mass is 443 g/mol. The summed E-state index contributed by atoms with van der Waals surface area (Å²) in [5.41, 5.74) is 2.74. The standard InChI is InChI=1S/C20H18BrN3O2S/c1-26-18-5-3-2-4-15(18)12-22-19(25)13-27-20-11-10-17(23-24-20)14-6-8-16(21)9-7-14/h2-11H,12-13H2,1H3,(H,22,25). The quantitative estimate of drug-likeness (QED) is 0.550. The third kappa shape index (κ3) is 5.55. The summed E-state index contributed by atoms with van der Waals surface area (Å²) in [6.45, 7) is 0.428. The number of benzene rings is 2. The Bertz CT molecular complexity index is 902. The van der Waals surface area contributed by atoms with E-state index in [1.807, 2.05) is 60.7 Å². The van der Waals surface area contributed by atoms with E-state index in [4.69, 9.17) is 4.74 Å². The molecule has 1 amide bonds. The smallest absolute Gasteiger partial charge is 0.230 e. The van der Waals surface area contributed by atoms with Crippen LogP contribution >= 0.6 is 27.7 Å². The van der Waals surface area contributed by atoms with Gasteiger partial charge in [0.05, 0.1) is 18.6 Å². The zero-order valence-electron chi connectivity index (χ0n) is 14.7. The topological polar surface area (TPSA) is 64.1 Å². The first-order chi connectivity index (χ1) is 13.2. The molecule has 0 saturated heterocycles. The molecule has 1 aromatic heterocycles. The summed E-state index contributed by atoms with van der Waals surface area (Å²) in [6, 6.07) is 19.3. The van der Waals surface area contributed by atoms with Crippen LogP contribution in [0.3, 0.4) is 0 Å². The van der Waals surface area contributed by atoms with Crippen LogP contribution in [0, 0.1) is 0 Å². The van der Waals surface area contributed by atoms with Crippen LogP contribution in [-0.2, 0) is 11.3 Å². The number of carbonyl (C=O) groups is 1. The van der Waals surface area contributed by atoms with Gasteiger partial charge in [-0.25, -0.2) is 0 Å². The van der Waals surface area contributed by atoms with Crippen LogP contribution in [0.5, 0.6) is 5.75 Å². The van der Waals surface area contributed by atoms with E-state index in [1.165, 1.54) is 11.8 Å². The molecule has 0 fully saturated rings. The van der Waals surface area contributed by atoms with Gasteiger partial charge in [0.2, 0.25) is 5.91 Å². The second kappa shape index (κ2) is 9.53. The van der Waals surface area contributed by atoms with Crippen LogP contribution in [0.25, 0.3) is 11.3 Å². The molecule has 0 aliphatic carbocycles. The Hall–Kier alpha value is -2.38. The first-order valence-electron chi connectivity index (χ1n) is 8.27. The second-order valence-electron chi connectivity index (χ2n) is 5.64. The van der Waals surface area contributed by atoms with Crippen molar-refractivity contribution < 1.29 is 9.53 Å². The van der Waals surface area contributed by atoms with Crippen molar-refractivity contribution in [2.24, 2.45) is 0 Å². The first kappa shape index (κ1) is 19.4. The van der Waals surface area contributed by atoms with Gasteiger partial charge in [-0.15, -0.1) is 10.2 Å². The van der Waals surface area contributed by atoms with Gasteiger partial charge in [0, 0.05) is 22.1 Å². The number of thioether (sulfide) groups is 1. The van der Waals surface area contributed by atoms with Gasteiger partial charge in [-0.2, -0.15) is 0 Å². The molecule has 7 heteroatoms. The fourth-order valence-electron chi connectivity index (χ4n) is 2.40. The molecule has 3 aromatic rings. The van der Waals surface area contributed by atoms with Gasteiger partial charge in [0.25, 0.3) is 0 Å². The van der Waals surface area contributed by atoms with Crippen molar-refractivity contribution in [1.82, 2.24) is 15.5 Å². The zero-order chi connectivity index (χ0) is 19.1. The predicted molar refractivity (Wildman–Crippen MR) is 111 cm³/mol. The minimum Gasteiger partial charge on any atom is -0.496 e. The minimum absolute atomic E-state index is 0.0651. The summed E-state index contributed by atoms with van der Waals surface area (Å²) < 4.78 is 6.30. The zero-order valence-corrected chi connectivity index (χ0v) is 17.1. The van der Waals surface area contributed by atoms with Gasteiger partial charge in [0.1, 0.15) is 10.8 Å². The van der Waals surface area contributed by atoms with E-state index in [-0.39, 0.29) is 11.7 Å². The molecule has 0 unspecified atom stereocenters. The molecule has 27 heavy (non-hydrogen) atoms. The molecule has 0 saturated carbocycles. The van der Waals surface area contributed by atoms with Crippen molar-refractivity contribution in [1.29, 1.82) is 0 Å². The number of halogens is 1. The average Bonchev–Trinajstić information content (AvgIpc) is 2.72. The molecule has 138 valence electrons. The number of aromatic nitrogens is 2. The summed E-state index contributed by atoms with van der Waals surface area (Å²) in [5, 5.41) is 12.0. The van der Waals surface area contributed by atoms with E-state index in [0.29, 0.717) is 11.6 Å². The van der Waals surface area contributed by atoms with Gasteiger partial charge in [-0.1, -0.05) is 58.0 Å². The molecular formula is C20H18BrN3O2S. The normalized spacial score (nSPS) is 10.4. The lowest BCUT2D eigenvalue weighted by Gasteiger charge is -2.09. The molecule has 1 N–H and O–H groups in total. The molecule has 0 bridgehead atoms. The SMILES string of the molecule is COc1ccccc1CNC(=O)CSc1ccc(-c2ccc(Br)cc2)nn1. The largest absolute Gasteiger partial charge is 0.496 e. The van der Waals surface area contributed by atoms with Crippen LogP contribution < -0.4 is 10.1 Å². The van der Waals surface area contributed by atoms with Crippen LogP contribution in [-0.4, -0.2) is 29.0 Å². The van der Waals surface area contributed by atoms with Crippen molar-refractivity contribution in [3.8, 4) is 17.0 Å². The Morgan fingerprint density at radius 1 is 1.07 bits per heavy atom. The maximum absolute atomic E-state index is 12.1. The van der Waals surface area contributed by atoms with E-state index in [1.54, 1.807) is 7.11 Å². The van der Waals surface area contributed by atoms with Crippen molar-refractivity contribution in [2.75, 3.05) is 12.9 Å². The lowest BCUT2D eigenvalue weighted by molar-refractivity contribution is -0.118. The Kier molecular flexibility index (Phi) is 6.84. The number of ether oxygens (including phenoxy) is 1. The number of rotatable bonds is 7. The predicted octanol–water partition coefficient (Wildman–Crippen LogP) is 4.32. The van der Waals surface area contributed by atoms with Crippen LogP contribution in [0.4, 0.5) is 0 Å². The van der Waals surface area contributed by atoms with E-state index < -0.39 is 0 Å². The average molecular weight is 444 g/mol. The highest BCUT2D eigenvalue weighted by molar-refractivity contribution is 9.10. The minimum atomic E-state index is -0.0651. The fourth-order valence-corrected chi connectivity index (χ4v) is 3.31. The number of hydrogen-bond donors (Lipinski definition) is 1. The summed E-state index contributed by atoms with van der Waals surface area (Å²) in [5.74, 6) is 0.978. The van der Waals surface area contributed by atoms with Gasteiger partial charge in [-0.05, 0) is 30.3 Å². The first-order valence-corrected chi connectivity index (χ1v) is 10.0. The summed E-state index contributed by atoms with van der Waals surface area (Å²) in [7, 11) is 1.62. The second-order valence-corrected chi connectivity index (χ2v) is 7.55. The van der Waals surface area contributed by atoms with Crippen LogP contribution in [0.2, 0.25) is 0 Å².